The summed E-state index contributed by atoms with van der Waals surface area (Å²) in [5, 5.41) is 0. The van der Waals surface area contributed by atoms with Crippen molar-refractivity contribution in [3.8, 4) is 0 Å². The molecule has 3 N–H and O–H groups in total. The number of hydrogen-bond acceptors (Lipinski definition) is 5. The fourth-order valence-corrected chi connectivity index (χ4v) is 4.57. The van der Waals surface area contributed by atoms with Crippen LogP contribution in [0.4, 0.5) is 0 Å². The first-order valence-corrected chi connectivity index (χ1v) is 9.00. The first-order valence-electron chi connectivity index (χ1n) is 6.29. The first kappa shape index (κ1) is 15.8. The molecule has 5 nitrogen and oxygen atoms in total. The van der Waals surface area contributed by atoms with Crippen LogP contribution in [-0.4, -0.2) is 33.2 Å². The number of rotatable bonds is 5. The summed E-state index contributed by atoms with van der Waals surface area (Å²) in [4.78, 5) is 0.825. The molecule has 112 valence electrons. The Kier molecular flexibility index (Phi) is 4.80. The maximum Gasteiger partial charge on any atom is 0.250 e. The highest BCUT2D eigenvalue weighted by Gasteiger charge is 2.29. The fraction of sp³-hybridized carbons (Fsp3) is 0.583. The zero-order valence-corrected chi connectivity index (χ0v) is 13.7. The molecule has 1 aromatic heterocycles. The molecule has 0 aromatic carbocycles. The number of thiophene rings is 1. The quantitative estimate of drug-likeness (QED) is 0.797. The maximum atomic E-state index is 12.2. The van der Waals surface area contributed by atoms with Crippen LogP contribution in [0.2, 0.25) is 0 Å². The molecule has 0 saturated carbocycles. The molecule has 2 rings (SSSR count). The monoisotopic (exact) mass is 334 g/mol. The van der Waals surface area contributed by atoms with E-state index in [9.17, 15) is 8.42 Å². The van der Waals surface area contributed by atoms with Gasteiger partial charge in [0.1, 0.15) is 9.20 Å². The Hall–Kier alpha value is -0.540. The third-order valence-electron chi connectivity index (χ3n) is 3.48. The number of sulfonamides is 1. The van der Waals surface area contributed by atoms with E-state index >= 15 is 0 Å². The summed E-state index contributed by atoms with van der Waals surface area (Å²) < 4.78 is 32.7. The average molecular weight is 334 g/mol. The Labute approximate surface area is 128 Å². The van der Waals surface area contributed by atoms with Crippen LogP contribution in [0.5, 0.6) is 0 Å². The van der Waals surface area contributed by atoms with E-state index in [4.69, 9.17) is 22.7 Å². The van der Waals surface area contributed by atoms with Crippen molar-refractivity contribution in [1.29, 1.82) is 0 Å². The van der Waals surface area contributed by atoms with E-state index in [-0.39, 0.29) is 14.6 Å². The van der Waals surface area contributed by atoms with Gasteiger partial charge in [0.2, 0.25) is 10.0 Å². The minimum atomic E-state index is -3.50. The summed E-state index contributed by atoms with van der Waals surface area (Å²) in [5.74, 6) is 0. The Morgan fingerprint density at radius 3 is 2.70 bits per heavy atom. The zero-order chi connectivity index (χ0) is 14.8. The first-order chi connectivity index (χ1) is 9.32. The smallest absolute Gasteiger partial charge is 0.250 e. The molecule has 1 aliphatic heterocycles. The van der Waals surface area contributed by atoms with Crippen molar-refractivity contribution < 1.29 is 13.2 Å². The second-order valence-corrected chi connectivity index (χ2v) is 8.75. The topological polar surface area (TPSA) is 81.4 Å². The second kappa shape index (κ2) is 6.07. The van der Waals surface area contributed by atoms with Crippen LogP contribution in [0.3, 0.4) is 0 Å². The Morgan fingerprint density at radius 2 is 2.15 bits per heavy atom. The van der Waals surface area contributed by atoms with Crippen LogP contribution < -0.4 is 10.5 Å². The molecule has 0 spiro atoms. The van der Waals surface area contributed by atoms with Gasteiger partial charge in [-0.15, -0.1) is 11.3 Å². The Balaban J connectivity index is 2.05. The molecule has 0 bridgehead atoms. The summed E-state index contributed by atoms with van der Waals surface area (Å²) in [7, 11) is -3.50. The van der Waals surface area contributed by atoms with Gasteiger partial charge in [-0.25, -0.2) is 13.1 Å². The van der Waals surface area contributed by atoms with Gasteiger partial charge in [0, 0.05) is 19.8 Å². The lowest BCUT2D eigenvalue weighted by Crippen LogP contribution is -2.39. The molecule has 0 aliphatic carbocycles. The van der Waals surface area contributed by atoms with Gasteiger partial charge in [-0.3, -0.25) is 0 Å². The second-order valence-electron chi connectivity index (χ2n) is 5.23. The van der Waals surface area contributed by atoms with Crippen LogP contribution >= 0.6 is 23.6 Å². The van der Waals surface area contributed by atoms with Gasteiger partial charge in [0.25, 0.3) is 0 Å². The van der Waals surface area contributed by atoms with E-state index in [0.29, 0.717) is 24.6 Å². The number of nitrogens with two attached hydrogens (primary N) is 1. The molecule has 0 unspecified atom stereocenters. The normalized spacial score (nSPS) is 18.9. The fourth-order valence-electron chi connectivity index (χ4n) is 1.98. The van der Waals surface area contributed by atoms with E-state index < -0.39 is 10.0 Å². The predicted molar refractivity (Wildman–Crippen MR) is 83.6 cm³/mol. The predicted octanol–water partition coefficient (Wildman–Crippen LogP) is 1.48. The van der Waals surface area contributed by atoms with Crippen molar-refractivity contribution in [1.82, 2.24) is 4.72 Å². The molecule has 1 fully saturated rings. The molecule has 8 heteroatoms. The molecule has 20 heavy (non-hydrogen) atoms. The van der Waals surface area contributed by atoms with Gasteiger partial charge in [0.05, 0.1) is 4.88 Å². The lowest BCUT2D eigenvalue weighted by molar-refractivity contribution is 0.0265. The highest BCUT2D eigenvalue weighted by molar-refractivity contribution is 7.91. The minimum absolute atomic E-state index is 0.0470. The van der Waals surface area contributed by atoms with Gasteiger partial charge in [-0.05, 0) is 30.4 Å². The van der Waals surface area contributed by atoms with E-state index in [0.717, 1.165) is 24.2 Å². The van der Waals surface area contributed by atoms with Crippen molar-refractivity contribution in [2.75, 3.05) is 19.8 Å². The van der Waals surface area contributed by atoms with Crippen molar-refractivity contribution in [3.05, 3.63) is 17.0 Å². The molecule has 0 amide bonds. The molecule has 2 heterocycles. The number of hydrogen-bond donors (Lipinski definition) is 2. The van der Waals surface area contributed by atoms with Crippen LogP contribution in [0.1, 0.15) is 24.6 Å². The van der Waals surface area contributed by atoms with Crippen molar-refractivity contribution in [2.45, 2.75) is 24.0 Å². The van der Waals surface area contributed by atoms with E-state index in [1.54, 1.807) is 6.07 Å². The highest BCUT2D eigenvalue weighted by Crippen LogP contribution is 2.29. The van der Waals surface area contributed by atoms with Gasteiger partial charge in [-0.2, -0.15) is 0 Å². The summed E-state index contributed by atoms with van der Waals surface area (Å²) in [6, 6.07) is 3.17. The zero-order valence-electron chi connectivity index (χ0n) is 11.2. The molecule has 0 atom stereocenters. The molecule has 1 aliphatic rings. The highest BCUT2D eigenvalue weighted by atomic mass is 32.2. The average Bonchev–Trinajstić information content (AvgIpc) is 2.88. The third kappa shape index (κ3) is 3.76. The van der Waals surface area contributed by atoms with Crippen molar-refractivity contribution in [2.24, 2.45) is 11.1 Å². The molecular weight excluding hydrogens is 316 g/mol. The van der Waals surface area contributed by atoms with Gasteiger partial charge >= 0.3 is 0 Å². The van der Waals surface area contributed by atoms with Crippen LogP contribution in [-0.2, 0) is 14.8 Å². The lowest BCUT2D eigenvalue weighted by Gasteiger charge is -2.33. The third-order valence-corrected chi connectivity index (χ3v) is 6.84. The number of ether oxygens (including phenoxy) is 1. The maximum absolute atomic E-state index is 12.2. The SMILES string of the molecule is CC1(CNS(=O)(=O)c2ccc(C(N)=S)s2)CCOCC1. The van der Waals surface area contributed by atoms with Crippen LogP contribution in [0.25, 0.3) is 0 Å². The summed E-state index contributed by atoms with van der Waals surface area (Å²) in [5.41, 5.74) is 5.45. The van der Waals surface area contributed by atoms with Gasteiger partial charge in [-0.1, -0.05) is 19.1 Å². The van der Waals surface area contributed by atoms with Crippen molar-refractivity contribution >= 4 is 38.6 Å². The Bertz CT molecular complexity index is 589. The van der Waals surface area contributed by atoms with Crippen LogP contribution in [0, 0.1) is 5.41 Å². The van der Waals surface area contributed by atoms with Gasteiger partial charge in [0.15, 0.2) is 0 Å². The van der Waals surface area contributed by atoms with E-state index in [2.05, 4.69) is 11.6 Å². The van der Waals surface area contributed by atoms with Gasteiger partial charge < -0.3 is 10.5 Å². The molecule has 0 radical (unpaired) electrons. The lowest BCUT2D eigenvalue weighted by atomic mass is 9.83. The van der Waals surface area contributed by atoms with Crippen LogP contribution in [0.15, 0.2) is 16.3 Å². The van der Waals surface area contributed by atoms with E-state index in [1.807, 2.05) is 0 Å². The largest absolute Gasteiger partial charge is 0.389 e. The molecule has 1 saturated heterocycles. The molecular formula is C12H18N2O3S3. The summed E-state index contributed by atoms with van der Waals surface area (Å²) >= 11 is 5.93. The molecule has 1 aromatic rings. The summed E-state index contributed by atoms with van der Waals surface area (Å²) in [6.07, 6.45) is 1.72. The van der Waals surface area contributed by atoms with E-state index in [1.165, 1.54) is 6.07 Å². The standard InChI is InChI=1S/C12H18N2O3S3/c1-12(4-6-17-7-5-12)8-14-20(15,16)10-3-2-9(19-10)11(13)18/h2-3,14H,4-8H2,1H3,(H2,13,18). The number of nitrogens with one attached hydrogen (secondary N) is 1. The Morgan fingerprint density at radius 1 is 1.50 bits per heavy atom. The summed E-state index contributed by atoms with van der Waals surface area (Å²) in [6.45, 7) is 3.86. The van der Waals surface area contributed by atoms with Crippen molar-refractivity contribution in [3.63, 3.8) is 0 Å². The minimum Gasteiger partial charge on any atom is -0.389 e. The number of thiocarbonyl (C=S) groups is 1.